The topological polar surface area (TPSA) is 61.8 Å². The summed E-state index contributed by atoms with van der Waals surface area (Å²) in [7, 11) is 1.78. The van der Waals surface area contributed by atoms with Crippen LogP contribution >= 0.6 is 11.3 Å². The summed E-state index contributed by atoms with van der Waals surface area (Å²) in [5.41, 5.74) is -0.591. The molecule has 3 rings (SSSR count). The number of aliphatic imine (C=N–C) groups is 1. The molecule has 1 aliphatic carbocycles. The lowest BCUT2D eigenvalue weighted by atomic mass is 9.76. The van der Waals surface area contributed by atoms with E-state index in [0.717, 1.165) is 25.1 Å². The van der Waals surface area contributed by atoms with Crippen LogP contribution in [-0.4, -0.2) is 41.7 Å². The first-order valence-electron chi connectivity index (χ1n) is 8.16. The van der Waals surface area contributed by atoms with Crippen molar-refractivity contribution in [3.8, 4) is 0 Å². The summed E-state index contributed by atoms with van der Waals surface area (Å²) < 4.78 is 0. The summed E-state index contributed by atoms with van der Waals surface area (Å²) >= 11 is 1.72. The van der Waals surface area contributed by atoms with Gasteiger partial charge in [0, 0.05) is 24.4 Å². The third-order valence-electron chi connectivity index (χ3n) is 5.00. The van der Waals surface area contributed by atoms with E-state index in [0.29, 0.717) is 19.4 Å². The molecule has 0 radical (unpaired) electrons. The maximum absolute atomic E-state index is 12.4. The summed E-state index contributed by atoms with van der Waals surface area (Å²) in [5.74, 6) is 1.01. The molecule has 1 aliphatic heterocycles. The number of hydrogen-bond donors (Lipinski definition) is 1. The zero-order chi connectivity index (χ0) is 16.4. The molecule has 0 unspecified atom stereocenters. The molecule has 1 saturated carbocycles. The maximum atomic E-state index is 12.4. The van der Waals surface area contributed by atoms with E-state index >= 15 is 0 Å². The molecule has 124 valence electrons. The van der Waals surface area contributed by atoms with Gasteiger partial charge in [-0.25, -0.2) is 0 Å². The summed E-state index contributed by atoms with van der Waals surface area (Å²) in [6.45, 7) is 2.55. The smallest absolute Gasteiger partial charge is 0.255 e. The van der Waals surface area contributed by atoms with Gasteiger partial charge in [0.15, 0.2) is 0 Å². The highest BCUT2D eigenvalue weighted by Crippen LogP contribution is 2.39. The van der Waals surface area contributed by atoms with Crippen LogP contribution in [0.3, 0.4) is 0 Å². The Labute approximate surface area is 140 Å². The van der Waals surface area contributed by atoms with Crippen LogP contribution in [-0.2, 0) is 16.0 Å². The Bertz CT molecular complexity index is 616. The van der Waals surface area contributed by atoms with Crippen molar-refractivity contribution >= 4 is 29.0 Å². The standard InChI is InChI=1S/C17H23N3O2S/c1-12-19-17(16(22)20(12)2)8-5-13(6-9-17)15(21)18-10-7-14-4-3-11-23-14/h3-4,11,13H,5-10H2,1-2H3,(H,18,21). The van der Waals surface area contributed by atoms with Crippen LogP contribution in [0.25, 0.3) is 0 Å². The van der Waals surface area contributed by atoms with E-state index in [4.69, 9.17) is 0 Å². The van der Waals surface area contributed by atoms with Crippen molar-refractivity contribution in [2.75, 3.05) is 13.6 Å². The number of thiophene rings is 1. The fraction of sp³-hybridized carbons (Fsp3) is 0.588. The normalized spacial score (nSPS) is 27.4. The average molecular weight is 333 g/mol. The molecule has 1 aromatic heterocycles. The SMILES string of the molecule is CC1=NC2(CCC(C(=O)NCCc3cccs3)CC2)C(=O)N1C. The van der Waals surface area contributed by atoms with Crippen molar-refractivity contribution < 1.29 is 9.59 Å². The molecule has 23 heavy (non-hydrogen) atoms. The number of rotatable bonds is 4. The van der Waals surface area contributed by atoms with E-state index in [1.807, 2.05) is 13.0 Å². The van der Waals surface area contributed by atoms with Gasteiger partial charge in [0.25, 0.3) is 5.91 Å². The quantitative estimate of drug-likeness (QED) is 0.918. The van der Waals surface area contributed by atoms with Crippen molar-refractivity contribution in [3.05, 3.63) is 22.4 Å². The van der Waals surface area contributed by atoms with E-state index in [2.05, 4.69) is 21.8 Å². The lowest BCUT2D eigenvalue weighted by molar-refractivity contribution is -0.134. The molecular weight excluding hydrogens is 310 g/mol. The first-order chi connectivity index (χ1) is 11.0. The van der Waals surface area contributed by atoms with Gasteiger partial charge in [-0.1, -0.05) is 6.07 Å². The zero-order valence-electron chi connectivity index (χ0n) is 13.7. The van der Waals surface area contributed by atoms with Crippen molar-refractivity contribution in [2.45, 2.75) is 44.6 Å². The zero-order valence-corrected chi connectivity index (χ0v) is 14.5. The van der Waals surface area contributed by atoms with Crippen LogP contribution in [0.5, 0.6) is 0 Å². The van der Waals surface area contributed by atoms with Gasteiger partial charge in [-0.05, 0) is 50.5 Å². The Hall–Kier alpha value is -1.69. The van der Waals surface area contributed by atoms with E-state index < -0.39 is 5.54 Å². The molecule has 2 aliphatic rings. The molecular formula is C17H23N3O2S. The number of nitrogens with one attached hydrogen (secondary N) is 1. The number of carbonyl (C=O) groups is 2. The molecule has 5 nitrogen and oxygen atoms in total. The first-order valence-corrected chi connectivity index (χ1v) is 9.04. The van der Waals surface area contributed by atoms with Crippen molar-refractivity contribution in [1.29, 1.82) is 0 Å². The van der Waals surface area contributed by atoms with Gasteiger partial charge < -0.3 is 10.2 Å². The van der Waals surface area contributed by atoms with E-state index in [-0.39, 0.29) is 17.7 Å². The van der Waals surface area contributed by atoms with Gasteiger partial charge in [-0.15, -0.1) is 11.3 Å². The summed E-state index contributed by atoms with van der Waals surface area (Å²) in [6.07, 6.45) is 3.71. The number of carbonyl (C=O) groups excluding carboxylic acids is 2. The maximum Gasteiger partial charge on any atom is 0.255 e. The van der Waals surface area contributed by atoms with Gasteiger partial charge in [0.1, 0.15) is 11.4 Å². The van der Waals surface area contributed by atoms with Crippen LogP contribution in [0.15, 0.2) is 22.5 Å². The molecule has 1 fully saturated rings. The van der Waals surface area contributed by atoms with E-state index in [1.54, 1.807) is 23.3 Å². The molecule has 2 heterocycles. The second-order valence-corrected chi connectivity index (χ2v) is 7.48. The Morgan fingerprint density at radius 1 is 1.48 bits per heavy atom. The molecule has 0 bridgehead atoms. The molecule has 2 amide bonds. The second kappa shape index (κ2) is 6.43. The highest BCUT2D eigenvalue weighted by Gasteiger charge is 2.48. The van der Waals surface area contributed by atoms with Crippen LogP contribution in [0.1, 0.15) is 37.5 Å². The number of amidine groups is 1. The third kappa shape index (κ3) is 3.17. The summed E-state index contributed by atoms with van der Waals surface area (Å²) in [4.78, 5) is 32.2. The minimum Gasteiger partial charge on any atom is -0.356 e. The molecule has 6 heteroatoms. The fourth-order valence-corrected chi connectivity index (χ4v) is 4.19. The Morgan fingerprint density at radius 2 is 2.22 bits per heavy atom. The van der Waals surface area contributed by atoms with Crippen LogP contribution in [0.2, 0.25) is 0 Å². The van der Waals surface area contributed by atoms with Crippen molar-refractivity contribution in [2.24, 2.45) is 10.9 Å². The highest BCUT2D eigenvalue weighted by molar-refractivity contribution is 7.09. The van der Waals surface area contributed by atoms with E-state index in [1.165, 1.54) is 4.88 Å². The van der Waals surface area contributed by atoms with Gasteiger partial charge in [0.05, 0.1) is 0 Å². The average Bonchev–Trinajstić information content (AvgIpc) is 3.13. The molecule has 0 saturated heterocycles. The van der Waals surface area contributed by atoms with Crippen LogP contribution in [0, 0.1) is 5.92 Å². The van der Waals surface area contributed by atoms with Gasteiger partial charge in [-0.3, -0.25) is 14.6 Å². The van der Waals surface area contributed by atoms with Gasteiger partial charge in [-0.2, -0.15) is 0 Å². The minimum atomic E-state index is -0.591. The molecule has 0 aromatic carbocycles. The predicted octanol–water partition coefficient (Wildman–Crippen LogP) is 2.23. The summed E-state index contributed by atoms with van der Waals surface area (Å²) in [5, 5.41) is 5.09. The summed E-state index contributed by atoms with van der Waals surface area (Å²) in [6, 6.07) is 4.12. The largest absolute Gasteiger partial charge is 0.356 e. The van der Waals surface area contributed by atoms with Gasteiger partial charge >= 0.3 is 0 Å². The monoisotopic (exact) mass is 333 g/mol. The molecule has 0 atom stereocenters. The van der Waals surface area contributed by atoms with Crippen molar-refractivity contribution in [1.82, 2.24) is 10.2 Å². The Kier molecular flexibility index (Phi) is 4.53. The molecule has 1 aromatic rings. The number of nitrogens with zero attached hydrogens (tertiary/aromatic N) is 2. The van der Waals surface area contributed by atoms with Crippen LogP contribution in [0.4, 0.5) is 0 Å². The van der Waals surface area contributed by atoms with Crippen LogP contribution < -0.4 is 5.32 Å². The lowest BCUT2D eigenvalue weighted by Gasteiger charge is -2.32. The number of hydrogen-bond acceptors (Lipinski definition) is 4. The minimum absolute atomic E-state index is 0.0122. The first kappa shape index (κ1) is 16.2. The molecule has 1 N–H and O–H groups in total. The number of amides is 2. The van der Waals surface area contributed by atoms with Gasteiger partial charge in [0.2, 0.25) is 5.91 Å². The number of likely N-dealkylation sites (N-methyl/N-ethyl adjacent to an activating group) is 1. The van der Waals surface area contributed by atoms with E-state index in [9.17, 15) is 9.59 Å². The Balaban J connectivity index is 1.49. The Morgan fingerprint density at radius 3 is 2.78 bits per heavy atom. The second-order valence-electron chi connectivity index (χ2n) is 6.45. The third-order valence-corrected chi connectivity index (χ3v) is 5.93. The highest BCUT2D eigenvalue weighted by atomic mass is 32.1. The lowest BCUT2D eigenvalue weighted by Crippen LogP contribution is -2.45. The molecule has 1 spiro atoms. The fourth-order valence-electron chi connectivity index (χ4n) is 3.48. The van der Waals surface area contributed by atoms with Crippen molar-refractivity contribution in [3.63, 3.8) is 0 Å². The predicted molar refractivity (Wildman–Crippen MR) is 91.6 cm³/mol.